The van der Waals surface area contributed by atoms with Gasteiger partial charge in [0.15, 0.2) is 5.78 Å². The summed E-state index contributed by atoms with van der Waals surface area (Å²) in [6, 6.07) is -0.0554. The summed E-state index contributed by atoms with van der Waals surface area (Å²) in [5.41, 5.74) is 5.82. The summed E-state index contributed by atoms with van der Waals surface area (Å²) in [6.45, 7) is 8.84. The van der Waals surface area contributed by atoms with E-state index >= 15 is 0 Å². The molecular weight excluding hydrogens is 574 g/mol. The molecule has 6 heterocycles. The van der Waals surface area contributed by atoms with E-state index in [-0.39, 0.29) is 65.4 Å². The predicted molar refractivity (Wildman–Crippen MR) is 156 cm³/mol. The van der Waals surface area contributed by atoms with E-state index in [4.69, 9.17) is 5.73 Å². The molecule has 15 heteroatoms. The van der Waals surface area contributed by atoms with E-state index in [2.05, 4.69) is 25.7 Å². The van der Waals surface area contributed by atoms with Crippen LogP contribution < -0.4 is 11.1 Å². The fourth-order valence-electron chi connectivity index (χ4n) is 7.64. The van der Waals surface area contributed by atoms with Crippen molar-refractivity contribution in [3.8, 4) is 0 Å². The molecule has 2 unspecified atom stereocenters. The van der Waals surface area contributed by atoms with Crippen molar-refractivity contribution in [3.05, 3.63) is 16.9 Å². The van der Waals surface area contributed by atoms with Crippen LogP contribution in [0, 0.1) is 23.7 Å². The minimum atomic E-state index is -1.12. The topological polar surface area (TPSA) is 180 Å². The Bertz CT molecular complexity index is 1280. The number of nitrogens with one attached hydrogen (secondary N) is 1. The van der Waals surface area contributed by atoms with Crippen molar-refractivity contribution in [3.63, 3.8) is 0 Å². The number of hydrogen-bond acceptors (Lipinski definition) is 11. The highest BCUT2D eigenvalue weighted by Gasteiger charge is 2.60. The van der Waals surface area contributed by atoms with Gasteiger partial charge in [0, 0.05) is 61.3 Å². The van der Waals surface area contributed by atoms with Gasteiger partial charge >= 0.3 is 5.97 Å². The lowest BCUT2D eigenvalue weighted by Crippen LogP contribution is -2.62. The number of Topliss-reactive ketones (excluding diaryl/α,β-unsaturated/α-hetero) is 1. The molecule has 6 atom stereocenters. The molecule has 4 saturated heterocycles. The predicted octanol–water partition coefficient (Wildman–Crippen LogP) is -0.613. The number of carbonyl (C=O) groups is 4. The van der Waals surface area contributed by atoms with Crippen molar-refractivity contribution in [1.29, 1.82) is 0 Å². The first-order chi connectivity index (χ1) is 20.7. The SMILES string of the molecule is C[C@@H](CC(=O)Cn1cnnn1)[C@H]1C(=O)N2C(C(=O)O)=C(SC3CNC(C(=O)N4CCC(N5CC(CN)C5)CC4)C3)[C@H](C)[C@H]12. The molecule has 5 aliphatic heterocycles. The van der Waals surface area contributed by atoms with Gasteiger partial charge in [-0.05, 0) is 48.1 Å². The van der Waals surface area contributed by atoms with E-state index < -0.39 is 11.9 Å². The zero-order valence-corrected chi connectivity index (χ0v) is 25.5. The molecular formula is C28H41N9O5S. The van der Waals surface area contributed by atoms with Crippen molar-refractivity contribution >= 4 is 35.3 Å². The molecule has 4 N–H and O–H groups in total. The van der Waals surface area contributed by atoms with Gasteiger partial charge in [-0.3, -0.25) is 19.3 Å². The molecule has 0 aliphatic carbocycles. The summed E-state index contributed by atoms with van der Waals surface area (Å²) in [5.74, 6) is -1.58. The van der Waals surface area contributed by atoms with Crippen LogP contribution in [0.1, 0.15) is 39.5 Å². The van der Waals surface area contributed by atoms with Gasteiger partial charge in [-0.2, -0.15) is 0 Å². The van der Waals surface area contributed by atoms with Gasteiger partial charge in [0.2, 0.25) is 11.8 Å². The van der Waals surface area contributed by atoms with Crippen LogP contribution >= 0.6 is 11.8 Å². The zero-order valence-electron chi connectivity index (χ0n) is 24.7. The number of ketones is 1. The molecule has 0 bridgehead atoms. The zero-order chi connectivity index (χ0) is 30.4. The maximum atomic E-state index is 13.4. The van der Waals surface area contributed by atoms with Gasteiger partial charge in [-0.15, -0.1) is 16.9 Å². The standard InChI is InChI=1S/C28H41N9O5S/c1-15(7-19(38)13-36-14-31-32-33-36)22-23-16(2)25(24(28(41)42)37(23)27(22)40)43-20-8-21(30-10-20)26(39)34-5-3-18(4-6-34)35-11-17(9-29)12-35/h14-18,20-23,30H,3-13,29H2,1-2H3,(H,41,42)/t15-,16+,20?,21?,22+,23+/m0/s1. The highest BCUT2D eigenvalue weighted by Crippen LogP contribution is 2.53. The second-order valence-electron chi connectivity index (χ2n) is 12.8. The molecule has 43 heavy (non-hydrogen) atoms. The molecule has 0 saturated carbocycles. The van der Waals surface area contributed by atoms with Crippen molar-refractivity contribution < 1.29 is 24.3 Å². The number of tetrazole rings is 1. The third kappa shape index (κ3) is 5.71. The quantitative estimate of drug-likeness (QED) is 0.269. The van der Waals surface area contributed by atoms with Crippen molar-refractivity contribution in [1.82, 2.24) is 40.2 Å². The number of thioether (sulfide) groups is 1. The number of likely N-dealkylation sites (tertiary alicyclic amines) is 2. The van der Waals surface area contributed by atoms with E-state index in [1.165, 1.54) is 27.7 Å². The summed E-state index contributed by atoms with van der Waals surface area (Å²) < 4.78 is 1.35. The van der Waals surface area contributed by atoms with Crippen LogP contribution in [0.4, 0.5) is 0 Å². The number of carboxylic acids is 1. The maximum Gasteiger partial charge on any atom is 0.353 e. The Labute approximate surface area is 254 Å². The Morgan fingerprint density at radius 2 is 1.98 bits per heavy atom. The number of piperidine rings is 1. The minimum absolute atomic E-state index is 0.0233. The fraction of sp³-hybridized carbons (Fsp3) is 0.750. The van der Waals surface area contributed by atoms with Crippen LogP contribution in [0.3, 0.4) is 0 Å². The number of aliphatic carboxylic acids is 1. The van der Waals surface area contributed by atoms with Gasteiger partial charge < -0.3 is 26.0 Å². The number of carboxylic acid groups (broad SMARTS) is 1. The van der Waals surface area contributed by atoms with Crippen LogP contribution in [0.5, 0.6) is 0 Å². The minimum Gasteiger partial charge on any atom is -0.477 e. The highest BCUT2D eigenvalue weighted by atomic mass is 32.2. The number of nitrogens with zero attached hydrogens (tertiary/aromatic N) is 7. The monoisotopic (exact) mass is 615 g/mol. The molecule has 14 nitrogen and oxygen atoms in total. The first kappa shape index (κ1) is 30.2. The normalized spacial score (nSPS) is 30.8. The lowest BCUT2D eigenvalue weighted by Gasteiger charge is -2.47. The second kappa shape index (κ2) is 12.3. The molecule has 6 rings (SSSR count). The van der Waals surface area contributed by atoms with Crippen LogP contribution in [0.2, 0.25) is 0 Å². The number of β-lactam (4-membered cyclic amide) rings is 1. The average Bonchev–Trinajstić information content (AvgIpc) is 3.68. The molecule has 5 aliphatic rings. The van der Waals surface area contributed by atoms with Crippen molar-refractivity contribution in [2.45, 2.75) is 69.5 Å². The molecule has 1 aromatic rings. The first-order valence-electron chi connectivity index (χ1n) is 15.3. The Kier molecular flexibility index (Phi) is 8.59. The van der Waals surface area contributed by atoms with Gasteiger partial charge in [-0.1, -0.05) is 13.8 Å². The van der Waals surface area contributed by atoms with Gasteiger partial charge in [0.25, 0.3) is 0 Å². The van der Waals surface area contributed by atoms with Crippen molar-refractivity contribution in [2.75, 3.05) is 39.3 Å². The van der Waals surface area contributed by atoms with Crippen LogP contribution in [0.15, 0.2) is 16.9 Å². The van der Waals surface area contributed by atoms with E-state index in [1.807, 2.05) is 18.7 Å². The molecule has 2 amide bonds. The molecule has 4 fully saturated rings. The number of rotatable bonds is 11. The average molecular weight is 616 g/mol. The number of aromatic nitrogens is 4. The second-order valence-corrected chi connectivity index (χ2v) is 14.1. The number of nitrogens with two attached hydrogens (primary N) is 1. The third-order valence-corrected chi connectivity index (χ3v) is 11.5. The summed E-state index contributed by atoms with van der Waals surface area (Å²) in [7, 11) is 0. The van der Waals surface area contributed by atoms with Gasteiger partial charge in [-0.25, -0.2) is 9.48 Å². The van der Waals surface area contributed by atoms with E-state index in [0.717, 1.165) is 45.6 Å². The van der Waals surface area contributed by atoms with Gasteiger partial charge in [0.1, 0.15) is 18.6 Å². The molecule has 0 aromatic carbocycles. The summed E-state index contributed by atoms with van der Waals surface area (Å²) >= 11 is 1.49. The Morgan fingerprint density at radius 3 is 2.63 bits per heavy atom. The van der Waals surface area contributed by atoms with E-state index in [1.54, 1.807) is 0 Å². The van der Waals surface area contributed by atoms with E-state index in [0.29, 0.717) is 29.8 Å². The largest absolute Gasteiger partial charge is 0.477 e. The Hall–Kier alpha value is -2.88. The number of hydrogen-bond donors (Lipinski definition) is 3. The molecule has 0 spiro atoms. The summed E-state index contributed by atoms with van der Waals surface area (Å²) in [4.78, 5) is 58.2. The van der Waals surface area contributed by atoms with E-state index in [9.17, 15) is 24.3 Å². The number of fused-ring (bicyclic) bond motifs is 1. The summed E-state index contributed by atoms with van der Waals surface area (Å²) in [5, 5.41) is 24.3. The van der Waals surface area contributed by atoms with Gasteiger partial charge in [0.05, 0.1) is 18.0 Å². The van der Waals surface area contributed by atoms with Crippen LogP contribution in [-0.4, -0.2) is 126 Å². The maximum absolute atomic E-state index is 13.4. The Balaban J connectivity index is 1.03. The molecule has 0 radical (unpaired) electrons. The lowest BCUT2D eigenvalue weighted by molar-refractivity contribution is -0.160. The third-order valence-electron chi connectivity index (χ3n) is 9.98. The number of carbonyl (C=O) groups excluding carboxylic acids is 3. The summed E-state index contributed by atoms with van der Waals surface area (Å²) in [6.07, 6.45) is 4.12. The smallest absolute Gasteiger partial charge is 0.353 e. The van der Waals surface area contributed by atoms with Crippen LogP contribution in [0.25, 0.3) is 0 Å². The molecule has 234 valence electrons. The van der Waals surface area contributed by atoms with Crippen molar-refractivity contribution in [2.24, 2.45) is 29.4 Å². The highest BCUT2D eigenvalue weighted by molar-refractivity contribution is 8.03. The number of amides is 2. The molecule has 1 aromatic heterocycles. The van der Waals surface area contributed by atoms with Crippen LogP contribution in [-0.2, 0) is 25.7 Å². The Morgan fingerprint density at radius 1 is 1.23 bits per heavy atom. The lowest BCUT2D eigenvalue weighted by atomic mass is 9.73. The first-order valence-corrected chi connectivity index (χ1v) is 16.2. The fourth-order valence-corrected chi connectivity index (χ4v) is 9.12.